The van der Waals surface area contributed by atoms with Crippen molar-refractivity contribution in [3.63, 3.8) is 0 Å². The molecule has 1 aromatic rings. The van der Waals surface area contributed by atoms with Crippen molar-refractivity contribution >= 4 is 13.3 Å². The second-order valence-electron chi connectivity index (χ2n) is 1.65. The highest BCUT2D eigenvalue weighted by molar-refractivity contribution is 6.32. The van der Waals surface area contributed by atoms with E-state index in [4.69, 9.17) is 0 Å². The van der Waals surface area contributed by atoms with Crippen molar-refractivity contribution < 1.29 is 0 Å². The Bertz CT molecular complexity index is 134. The first-order valence-corrected chi connectivity index (χ1v) is 2.41. The Labute approximate surface area is 44.6 Å². The van der Waals surface area contributed by atoms with Gasteiger partial charge in [-0.2, -0.15) is 0 Å². The Morgan fingerprint density at radius 3 is 1.86 bits per heavy atom. The summed E-state index contributed by atoms with van der Waals surface area (Å²) in [6.07, 6.45) is 0. The summed E-state index contributed by atoms with van der Waals surface area (Å²) in [7, 11) is 2.08. The normalized spacial score (nSPS) is 8.57. The molecular weight excluding hydrogens is 82.9 g/mol. The highest BCUT2D eigenvalue weighted by Crippen LogP contribution is 1.76. The Balaban J connectivity index is 3.02. The molecular formula is C6H7B. The first-order chi connectivity index (χ1) is 3.39. The fourth-order valence-corrected chi connectivity index (χ4v) is 0.534. The van der Waals surface area contributed by atoms with Gasteiger partial charge in [0.25, 0.3) is 0 Å². The largest absolute Gasteiger partial charge is 0.139 e. The smallest absolute Gasteiger partial charge is 0.0890 e. The Hall–Kier alpha value is -0.715. The molecule has 7 heavy (non-hydrogen) atoms. The van der Waals surface area contributed by atoms with Gasteiger partial charge in [-0.15, -0.1) is 0 Å². The first-order valence-electron chi connectivity index (χ1n) is 2.41. The molecule has 1 rings (SSSR count). The first kappa shape index (κ1) is 4.44. The average molecular weight is 89.9 g/mol. The lowest BCUT2D eigenvalue weighted by Gasteiger charge is -1.82. The molecule has 0 amide bonds. The van der Waals surface area contributed by atoms with Crippen LogP contribution in [0.3, 0.4) is 0 Å². The van der Waals surface area contributed by atoms with Gasteiger partial charge >= 0.3 is 0 Å². The number of hydrogen-bond acceptors (Lipinski definition) is 0. The maximum Gasteiger partial charge on any atom is 0.139 e. The Kier molecular flexibility index (Phi) is 1.16. The van der Waals surface area contributed by atoms with Gasteiger partial charge in [-0.05, 0) is 0 Å². The molecule has 1 aromatic carbocycles. The topological polar surface area (TPSA) is 0 Å². The van der Waals surface area contributed by atoms with Gasteiger partial charge < -0.3 is 0 Å². The number of benzene rings is 1. The van der Waals surface area contributed by atoms with Gasteiger partial charge in [0.2, 0.25) is 0 Å². The molecule has 0 heterocycles. The minimum absolute atomic E-state index is 1.32. The summed E-state index contributed by atoms with van der Waals surface area (Å²) in [5, 5.41) is 0. The van der Waals surface area contributed by atoms with Gasteiger partial charge in [-0.3, -0.25) is 0 Å². The zero-order valence-corrected chi connectivity index (χ0v) is 4.39. The van der Waals surface area contributed by atoms with Crippen molar-refractivity contribution in [2.75, 3.05) is 0 Å². The van der Waals surface area contributed by atoms with E-state index in [1.54, 1.807) is 0 Å². The summed E-state index contributed by atoms with van der Waals surface area (Å²) in [5.74, 6) is 0. The van der Waals surface area contributed by atoms with E-state index >= 15 is 0 Å². The lowest BCUT2D eigenvalue weighted by molar-refractivity contribution is 1.78. The SMILES string of the molecule is Bc1ccccc1. The Morgan fingerprint density at radius 2 is 1.57 bits per heavy atom. The van der Waals surface area contributed by atoms with Crippen LogP contribution >= 0.6 is 0 Å². The van der Waals surface area contributed by atoms with Gasteiger partial charge in [0, 0.05) is 0 Å². The fraction of sp³-hybridized carbons (Fsp3) is 0. The van der Waals surface area contributed by atoms with E-state index in [0.717, 1.165) is 0 Å². The molecule has 0 radical (unpaired) electrons. The number of hydrogen-bond donors (Lipinski definition) is 0. The molecule has 0 fully saturated rings. The summed E-state index contributed by atoms with van der Waals surface area (Å²) in [4.78, 5) is 0. The van der Waals surface area contributed by atoms with Crippen LogP contribution in [0.1, 0.15) is 0 Å². The molecule has 0 unspecified atom stereocenters. The van der Waals surface area contributed by atoms with Gasteiger partial charge in [-0.1, -0.05) is 35.8 Å². The maximum atomic E-state index is 2.08. The quantitative estimate of drug-likeness (QED) is 0.391. The van der Waals surface area contributed by atoms with Gasteiger partial charge in [0.15, 0.2) is 0 Å². The summed E-state index contributed by atoms with van der Waals surface area (Å²) in [6, 6.07) is 10.3. The zero-order valence-electron chi connectivity index (χ0n) is 4.39. The second-order valence-corrected chi connectivity index (χ2v) is 1.65. The van der Waals surface area contributed by atoms with Gasteiger partial charge in [0.1, 0.15) is 7.85 Å². The Morgan fingerprint density at radius 1 is 1.00 bits per heavy atom. The van der Waals surface area contributed by atoms with E-state index in [-0.39, 0.29) is 0 Å². The minimum atomic E-state index is 1.32. The molecule has 0 N–H and O–H groups in total. The molecule has 0 aromatic heterocycles. The molecule has 0 aliphatic rings. The molecule has 1 heteroatoms. The van der Waals surface area contributed by atoms with Gasteiger partial charge in [0.05, 0.1) is 0 Å². The van der Waals surface area contributed by atoms with Crippen molar-refractivity contribution in [3.05, 3.63) is 30.3 Å². The molecule has 0 aliphatic carbocycles. The van der Waals surface area contributed by atoms with E-state index in [2.05, 4.69) is 20.0 Å². The molecule has 0 spiro atoms. The third kappa shape index (κ3) is 1.07. The van der Waals surface area contributed by atoms with Crippen LogP contribution in [0.4, 0.5) is 0 Å². The van der Waals surface area contributed by atoms with E-state index in [0.29, 0.717) is 0 Å². The van der Waals surface area contributed by atoms with Crippen LogP contribution in [-0.4, -0.2) is 7.85 Å². The van der Waals surface area contributed by atoms with Gasteiger partial charge in [-0.25, -0.2) is 0 Å². The van der Waals surface area contributed by atoms with Crippen LogP contribution in [0.25, 0.3) is 0 Å². The van der Waals surface area contributed by atoms with E-state index in [1.165, 1.54) is 5.46 Å². The van der Waals surface area contributed by atoms with Crippen molar-refractivity contribution in [2.24, 2.45) is 0 Å². The highest BCUT2D eigenvalue weighted by Gasteiger charge is 1.72. The van der Waals surface area contributed by atoms with Crippen LogP contribution in [-0.2, 0) is 0 Å². The monoisotopic (exact) mass is 90.1 g/mol. The van der Waals surface area contributed by atoms with Crippen LogP contribution in [0.5, 0.6) is 0 Å². The predicted octanol–water partition coefficient (Wildman–Crippen LogP) is -0.0550. The lowest BCUT2D eigenvalue weighted by Crippen LogP contribution is -1.97. The van der Waals surface area contributed by atoms with Crippen molar-refractivity contribution in [2.45, 2.75) is 0 Å². The lowest BCUT2D eigenvalue weighted by atomic mass is 9.97. The van der Waals surface area contributed by atoms with Crippen molar-refractivity contribution in [3.8, 4) is 0 Å². The fourth-order valence-electron chi connectivity index (χ4n) is 0.534. The van der Waals surface area contributed by atoms with Crippen molar-refractivity contribution in [1.29, 1.82) is 0 Å². The third-order valence-corrected chi connectivity index (χ3v) is 0.940. The molecule has 0 atom stereocenters. The second kappa shape index (κ2) is 1.83. The molecule has 0 nitrogen and oxygen atoms in total. The highest BCUT2D eigenvalue weighted by atomic mass is 13.7. The predicted molar refractivity (Wildman–Crippen MR) is 34.6 cm³/mol. The standard InChI is InChI=1S/C6H7B/c7-6-4-2-1-3-5-6/h1-5H,7H2. The molecule has 0 bridgehead atoms. The minimum Gasteiger partial charge on any atom is -0.0890 e. The number of rotatable bonds is 0. The van der Waals surface area contributed by atoms with Crippen LogP contribution in [0.15, 0.2) is 30.3 Å². The van der Waals surface area contributed by atoms with Crippen molar-refractivity contribution in [1.82, 2.24) is 0 Å². The summed E-state index contributed by atoms with van der Waals surface area (Å²) in [5.41, 5.74) is 1.32. The van der Waals surface area contributed by atoms with E-state index in [9.17, 15) is 0 Å². The maximum absolute atomic E-state index is 2.08. The third-order valence-electron chi connectivity index (χ3n) is 0.940. The van der Waals surface area contributed by atoms with Crippen LogP contribution in [0, 0.1) is 0 Å². The summed E-state index contributed by atoms with van der Waals surface area (Å²) < 4.78 is 0. The molecule has 0 saturated carbocycles. The summed E-state index contributed by atoms with van der Waals surface area (Å²) >= 11 is 0. The van der Waals surface area contributed by atoms with E-state index in [1.807, 2.05) is 18.2 Å². The zero-order chi connectivity index (χ0) is 5.11. The van der Waals surface area contributed by atoms with E-state index < -0.39 is 0 Å². The molecule has 34 valence electrons. The summed E-state index contributed by atoms with van der Waals surface area (Å²) in [6.45, 7) is 0. The molecule has 0 aliphatic heterocycles. The average Bonchev–Trinajstić information content (AvgIpc) is 1.69. The van der Waals surface area contributed by atoms with Crippen LogP contribution in [0.2, 0.25) is 0 Å². The molecule has 0 saturated heterocycles. The van der Waals surface area contributed by atoms with Crippen LogP contribution < -0.4 is 5.46 Å².